The molecule has 0 bridgehead atoms. The average molecular weight is 327 g/mol. The molecule has 0 saturated carbocycles. The van der Waals surface area contributed by atoms with Crippen molar-refractivity contribution in [3.8, 4) is 16.9 Å². The molecule has 0 atom stereocenters. The number of aromatic nitrogens is 4. The third-order valence-electron chi connectivity index (χ3n) is 5.08. The molecule has 122 valence electrons. The van der Waals surface area contributed by atoms with Gasteiger partial charge in [-0.2, -0.15) is 0 Å². The van der Waals surface area contributed by atoms with E-state index < -0.39 is 0 Å². The van der Waals surface area contributed by atoms with Crippen LogP contribution in [0.1, 0.15) is 22.6 Å². The average Bonchev–Trinajstić information content (AvgIpc) is 3.12. The number of nitrogens with zero attached hydrogens (tertiary/aromatic N) is 4. The van der Waals surface area contributed by atoms with Crippen LogP contribution in [-0.4, -0.2) is 14.5 Å². The van der Waals surface area contributed by atoms with E-state index in [-0.39, 0.29) is 0 Å². The number of aryl methyl sites for hydroxylation is 3. The standard InChI is InChI=1S/C21H19N4/c1-13-8-19-15(10-16(13)20-9-14(2)22-12-24(20)3)11-21-23-17-6-4-5-7-18(17)25(19)21/h4-10,12H,11H2,1-3H3/q+1. The van der Waals surface area contributed by atoms with Gasteiger partial charge in [-0.05, 0) is 42.3 Å². The van der Waals surface area contributed by atoms with Crippen molar-refractivity contribution in [2.45, 2.75) is 20.3 Å². The summed E-state index contributed by atoms with van der Waals surface area (Å²) in [6, 6.07) is 15.1. The molecule has 4 aromatic rings. The molecule has 25 heavy (non-hydrogen) atoms. The van der Waals surface area contributed by atoms with E-state index in [2.05, 4.69) is 57.4 Å². The second kappa shape index (κ2) is 4.99. The molecule has 4 heteroatoms. The van der Waals surface area contributed by atoms with Gasteiger partial charge >= 0.3 is 0 Å². The molecule has 3 heterocycles. The van der Waals surface area contributed by atoms with Crippen LogP contribution in [0, 0.1) is 13.8 Å². The summed E-state index contributed by atoms with van der Waals surface area (Å²) >= 11 is 0. The molecule has 1 aliphatic heterocycles. The normalized spacial score (nSPS) is 12.4. The van der Waals surface area contributed by atoms with Crippen LogP contribution in [0.2, 0.25) is 0 Å². The maximum atomic E-state index is 4.82. The fourth-order valence-electron chi connectivity index (χ4n) is 3.84. The fourth-order valence-corrected chi connectivity index (χ4v) is 3.84. The molecular formula is C21H19N4+. The van der Waals surface area contributed by atoms with Crippen molar-refractivity contribution in [1.29, 1.82) is 0 Å². The first-order valence-electron chi connectivity index (χ1n) is 8.55. The summed E-state index contributed by atoms with van der Waals surface area (Å²) in [5.74, 6) is 1.13. The van der Waals surface area contributed by atoms with E-state index in [9.17, 15) is 0 Å². The van der Waals surface area contributed by atoms with Gasteiger partial charge in [-0.1, -0.05) is 17.1 Å². The maximum Gasteiger partial charge on any atom is 0.286 e. The van der Waals surface area contributed by atoms with Crippen molar-refractivity contribution in [3.05, 3.63) is 71.4 Å². The Kier molecular flexibility index (Phi) is 2.86. The van der Waals surface area contributed by atoms with Gasteiger partial charge in [0.2, 0.25) is 0 Å². The molecule has 5 rings (SSSR count). The zero-order chi connectivity index (χ0) is 17.1. The number of benzene rings is 2. The number of hydrogen-bond donors (Lipinski definition) is 0. The summed E-state index contributed by atoms with van der Waals surface area (Å²) in [4.78, 5) is 9.19. The van der Waals surface area contributed by atoms with Crippen molar-refractivity contribution in [1.82, 2.24) is 14.5 Å². The minimum atomic E-state index is 0.880. The molecule has 0 fully saturated rings. The highest BCUT2D eigenvalue weighted by atomic mass is 15.1. The van der Waals surface area contributed by atoms with Crippen LogP contribution >= 0.6 is 0 Å². The molecule has 1 aliphatic rings. The highest BCUT2D eigenvalue weighted by molar-refractivity contribution is 5.81. The van der Waals surface area contributed by atoms with Gasteiger partial charge in [0.1, 0.15) is 11.5 Å². The highest BCUT2D eigenvalue weighted by Crippen LogP contribution is 2.35. The number of para-hydroxylation sites is 2. The lowest BCUT2D eigenvalue weighted by Crippen LogP contribution is -2.31. The van der Waals surface area contributed by atoms with Crippen molar-refractivity contribution in [2.24, 2.45) is 7.05 Å². The van der Waals surface area contributed by atoms with Crippen LogP contribution < -0.4 is 4.57 Å². The minimum absolute atomic E-state index is 0.880. The summed E-state index contributed by atoms with van der Waals surface area (Å²) in [5, 5.41) is 0. The van der Waals surface area contributed by atoms with Crippen LogP contribution in [0.4, 0.5) is 0 Å². The Labute approximate surface area is 146 Å². The van der Waals surface area contributed by atoms with Crippen LogP contribution in [0.5, 0.6) is 0 Å². The van der Waals surface area contributed by atoms with Gasteiger partial charge in [-0.3, -0.25) is 4.57 Å². The molecule has 0 N–H and O–H groups in total. The van der Waals surface area contributed by atoms with Gasteiger partial charge in [-0.25, -0.2) is 9.55 Å². The Morgan fingerprint density at radius 3 is 2.80 bits per heavy atom. The van der Waals surface area contributed by atoms with Crippen molar-refractivity contribution in [3.63, 3.8) is 0 Å². The third-order valence-corrected chi connectivity index (χ3v) is 5.08. The number of imidazole rings is 1. The fraction of sp³-hybridized carbons (Fsp3) is 0.190. The Hall–Kier alpha value is -3.01. The van der Waals surface area contributed by atoms with Gasteiger partial charge in [0, 0.05) is 25.0 Å². The molecule has 4 nitrogen and oxygen atoms in total. The summed E-state index contributed by atoms with van der Waals surface area (Å²) < 4.78 is 4.39. The predicted octanol–water partition coefficient (Wildman–Crippen LogP) is 3.43. The molecule has 0 saturated heterocycles. The molecule has 2 aromatic carbocycles. The third kappa shape index (κ3) is 2.03. The van der Waals surface area contributed by atoms with Gasteiger partial charge in [0.15, 0.2) is 5.69 Å². The molecule has 0 amide bonds. The van der Waals surface area contributed by atoms with Crippen LogP contribution in [0.3, 0.4) is 0 Å². The van der Waals surface area contributed by atoms with E-state index in [0.717, 1.165) is 23.5 Å². The van der Waals surface area contributed by atoms with E-state index in [1.54, 1.807) is 0 Å². The van der Waals surface area contributed by atoms with E-state index in [4.69, 9.17) is 4.98 Å². The van der Waals surface area contributed by atoms with Gasteiger partial charge in [0.25, 0.3) is 6.33 Å². The van der Waals surface area contributed by atoms with Crippen LogP contribution in [-0.2, 0) is 13.5 Å². The second-order valence-corrected chi connectivity index (χ2v) is 6.85. The second-order valence-electron chi connectivity index (χ2n) is 6.85. The van der Waals surface area contributed by atoms with Crippen molar-refractivity contribution >= 4 is 11.0 Å². The van der Waals surface area contributed by atoms with E-state index in [1.807, 2.05) is 26.4 Å². The topological polar surface area (TPSA) is 34.6 Å². The molecular weight excluding hydrogens is 308 g/mol. The Bertz CT molecular complexity index is 1150. The SMILES string of the molecule is Cc1cc(-c2cc3c(cc2C)-n2c(nc4ccccc42)C3)[n+](C)cn1. The van der Waals surface area contributed by atoms with Crippen LogP contribution in [0.25, 0.3) is 28.0 Å². The van der Waals surface area contributed by atoms with Crippen LogP contribution in [0.15, 0.2) is 48.8 Å². The maximum absolute atomic E-state index is 4.82. The molecule has 0 unspecified atom stereocenters. The first-order valence-corrected chi connectivity index (χ1v) is 8.55. The number of fused-ring (bicyclic) bond motifs is 5. The highest BCUT2D eigenvalue weighted by Gasteiger charge is 2.24. The number of hydrogen-bond acceptors (Lipinski definition) is 2. The summed E-state index contributed by atoms with van der Waals surface area (Å²) in [6.45, 7) is 4.22. The molecule has 0 spiro atoms. The zero-order valence-electron chi connectivity index (χ0n) is 14.6. The van der Waals surface area contributed by atoms with E-state index in [0.29, 0.717) is 0 Å². The smallest absolute Gasteiger partial charge is 0.286 e. The number of rotatable bonds is 1. The Morgan fingerprint density at radius 1 is 1.08 bits per heavy atom. The van der Waals surface area contributed by atoms with Gasteiger partial charge in [0.05, 0.1) is 23.8 Å². The van der Waals surface area contributed by atoms with E-state index in [1.165, 1.54) is 33.6 Å². The molecule has 0 aliphatic carbocycles. The Balaban J connectivity index is 1.73. The lowest BCUT2D eigenvalue weighted by atomic mass is 9.99. The summed E-state index contributed by atoms with van der Waals surface area (Å²) in [6.07, 6.45) is 2.76. The Morgan fingerprint density at radius 2 is 1.92 bits per heavy atom. The summed E-state index contributed by atoms with van der Waals surface area (Å²) in [5.41, 5.74) is 9.62. The lowest BCUT2D eigenvalue weighted by Gasteiger charge is -2.11. The monoisotopic (exact) mass is 327 g/mol. The molecule has 2 aromatic heterocycles. The zero-order valence-corrected chi connectivity index (χ0v) is 14.6. The predicted molar refractivity (Wildman–Crippen MR) is 97.8 cm³/mol. The van der Waals surface area contributed by atoms with Gasteiger partial charge in [-0.15, -0.1) is 0 Å². The first-order chi connectivity index (χ1) is 12.1. The first kappa shape index (κ1) is 14.3. The molecule has 0 radical (unpaired) electrons. The van der Waals surface area contributed by atoms with Crippen molar-refractivity contribution < 1.29 is 4.57 Å². The largest absolute Gasteiger partial charge is 0.296 e. The quantitative estimate of drug-likeness (QED) is 0.442. The van der Waals surface area contributed by atoms with Gasteiger partial charge < -0.3 is 0 Å². The van der Waals surface area contributed by atoms with E-state index >= 15 is 0 Å². The summed E-state index contributed by atoms with van der Waals surface area (Å²) in [7, 11) is 2.05. The minimum Gasteiger partial charge on any atom is -0.296 e. The van der Waals surface area contributed by atoms with Crippen molar-refractivity contribution in [2.75, 3.05) is 0 Å². The lowest BCUT2D eigenvalue weighted by molar-refractivity contribution is -0.663.